The van der Waals surface area contributed by atoms with Crippen molar-refractivity contribution < 1.29 is 9.90 Å². The zero-order valence-electron chi connectivity index (χ0n) is 14.9. The van der Waals surface area contributed by atoms with Gasteiger partial charge in [0, 0.05) is 18.1 Å². The van der Waals surface area contributed by atoms with Gasteiger partial charge in [-0.3, -0.25) is 10.1 Å². The van der Waals surface area contributed by atoms with Gasteiger partial charge in [-0.05, 0) is 58.9 Å². The molecule has 0 amide bonds. The third-order valence-electron chi connectivity index (χ3n) is 5.14. The number of hydrogen-bond donors (Lipinski definition) is 2. The van der Waals surface area contributed by atoms with Gasteiger partial charge in [-0.2, -0.15) is 0 Å². The molecule has 1 aliphatic rings. The Bertz CT molecular complexity index is 362. The van der Waals surface area contributed by atoms with Crippen molar-refractivity contribution in [1.29, 1.82) is 0 Å². The van der Waals surface area contributed by atoms with E-state index < -0.39 is 11.5 Å². The maximum atomic E-state index is 11.9. The molecule has 0 heterocycles. The summed E-state index contributed by atoms with van der Waals surface area (Å²) in [6.07, 6.45) is 3.48. The summed E-state index contributed by atoms with van der Waals surface area (Å²) in [6.45, 7) is 13.0. The van der Waals surface area contributed by atoms with E-state index in [0.29, 0.717) is 18.5 Å². The Labute approximate surface area is 130 Å². The van der Waals surface area contributed by atoms with Gasteiger partial charge in [0.2, 0.25) is 0 Å². The molecule has 0 aliphatic heterocycles. The Balaban J connectivity index is 2.89. The average Bonchev–Trinajstić information content (AvgIpc) is 2.35. The van der Waals surface area contributed by atoms with Crippen molar-refractivity contribution in [3.8, 4) is 0 Å². The Morgan fingerprint density at radius 3 is 2.33 bits per heavy atom. The molecule has 1 saturated carbocycles. The van der Waals surface area contributed by atoms with E-state index in [0.717, 1.165) is 19.3 Å². The summed E-state index contributed by atoms with van der Waals surface area (Å²) in [5.41, 5.74) is -0.563. The summed E-state index contributed by atoms with van der Waals surface area (Å²) in [4.78, 5) is 14.3. The lowest BCUT2D eigenvalue weighted by Gasteiger charge is -2.46. The minimum atomic E-state index is -0.761. The molecule has 0 aromatic carbocycles. The van der Waals surface area contributed by atoms with Gasteiger partial charge < -0.3 is 10.0 Å². The molecule has 0 spiro atoms. The lowest BCUT2D eigenvalue weighted by molar-refractivity contribution is -0.148. The molecule has 1 rings (SSSR count). The summed E-state index contributed by atoms with van der Waals surface area (Å²) < 4.78 is 0. The van der Waals surface area contributed by atoms with Crippen LogP contribution in [-0.2, 0) is 4.79 Å². The fraction of sp³-hybridized carbons (Fsp3) is 0.941. The van der Waals surface area contributed by atoms with Gasteiger partial charge in [0.1, 0.15) is 5.54 Å². The Morgan fingerprint density at radius 2 is 1.90 bits per heavy atom. The minimum absolute atomic E-state index is 0.185. The Hall–Kier alpha value is -0.610. The number of hydrogen-bond acceptors (Lipinski definition) is 3. The predicted molar refractivity (Wildman–Crippen MR) is 87.6 cm³/mol. The lowest BCUT2D eigenvalue weighted by Crippen LogP contribution is -2.61. The molecule has 0 aromatic heterocycles. The molecule has 0 bridgehead atoms. The second-order valence-electron chi connectivity index (χ2n) is 8.14. The van der Waals surface area contributed by atoms with Crippen LogP contribution in [0.4, 0.5) is 0 Å². The van der Waals surface area contributed by atoms with Crippen LogP contribution in [0.25, 0.3) is 0 Å². The SMILES string of the molecule is CC(C)NC1(C(=O)O)CCCC(N(C)C(C)C(C)(C)C)C1. The first-order chi connectivity index (χ1) is 9.49. The second-order valence-corrected chi connectivity index (χ2v) is 8.14. The largest absolute Gasteiger partial charge is 0.480 e. The van der Waals surface area contributed by atoms with E-state index in [-0.39, 0.29) is 11.5 Å². The van der Waals surface area contributed by atoms with Gasteiger partial charge in [-0.1, -0.05) is 20.8 Å². The summed E-state index contributed by atoms with van der Waals surface area (Å²) in [6, 6.07) is 0.937. The molecule has 4 nitrogen and oxygen atoms in total. The highest BCUT2D eigenvalue weighted by atomic mass is 16.4. The fourth-order valence-corrected chi connectivity index (χ4v) is 3.46. The van der Waals surface area contributed by atoms with E-state index in [1.807, 2.05) is 13.8 Å². The Kier molecular flexibility index (Phi) is 5.84. The minimum Gasteiger partial charge on any atom is -0.480 e. The van der Waals surface area contributed by atoms with Gasteiger partial charge in [-0.25, -0.2) is 0 Å². The lowest BCUT2D eigenvalue weighted by atomic mass is 9.76. The first kappa shape index (κ1) is 18.4. The molecular weight excluding hydrogens is 264 g/mol. The van der Waals surface area contributed by atoms with Gasteiger partial charge >= 0.3 is 5.97 Å². The maximum absolute atomic E-state index is 11.9. The highest BCUT2D eigenvalue weighted by Crippen LogP contribution is 2.35. The first-order valence-corrected chi connectivity index (χ1v) is 8.22. The van der Waals surface area contributed by atoms with Crippen LogP contribution in [0.15, 0.2) is 0 Å². The number of aliphatic carboxylic acids is 1. The van der Waals surface area contributed by atoms with Crippen molar-refractivity contribution >= 4 is 5.97 Å². The molecule has 3 unspecified atom stereocenters. The molecule has 1 aliphatic carbocycles. The third-order valence-corrected chi connectivity index (χ3v) is 5.14. The zero-order chi connectivity index (χ0) is 16.4. The number of carboxylic acid groups (broad SMARTS) is 1. The van der Waals surface area contributed by atoms with E-state index in [4.69, 9.17) is 0 Å². The number of rotatable bonds is 5. The second kappa shape index (κ2) is 6.66. The molecule has 0 radical (unpaired) electrons. The van der Waals surface area contributed by atoms with Crippen molar-refractivity contribution in [3.63, 3.8) is 0 Å². The normalized spacial score (nSPS) is 28.9. The van der Waals surface area contributed by atoms with Crippen LogP contribution < -0.4 is 5.32 Å². The number of nitrogens with one attached hydrogen (secondary N) is 1. The van der Waals surface area contributed by atoms with Crippen LogP contribution in [0.2, 0.25) is 0 Å². The molecular formula is C17H34N2O2. The molecule has 0 saturated heterocycles. The quantitative estimate of drug-likeness (QED) is 0.819. The highest BCUT2D eigenvalue weighted by Gasteiger charge is 2.45. The number of carboxylic acids is 1. The monoisotopic (exact) mass is 298 g/mol. The molecule has 2 N–H and O–H groups in total. The van der Waals surface area contributed by atoms with Gasteiger partial charge in [0.25, 0.3) is 0 Å². The standard InChI is InChI=1S/C17H34N2O2/c1-12(2)18-17(15(20)21)10-8-9-14(11-17)19(7)13(3)16(4,5)6/h12-14,18H,8-11H2,1-7H3,(H,20,21). The smallest absolute Gasteiger partial charge is 0.323 e. The fourth-order valence-electron chi connectivity index (χ4n) is 3.46. The third kappa shape index (κ3) is 4.43. The number of nitrogens with zero attached hydrogens (tertiary/aromatic N) is 1. The topological polar surface area (TPSA) is 52.6 Å². The predicted octanol–water partition coefficient (Wildman–Crippen LogP) is 3.12. The molecule has 21 heavy (non-hydrogen) atoms. The highest BCUT2D eigenvalue weighted by molar-refractivity contribution is 5.79. The van der Waals surface area contributed by atoms with E-state index in [1.165, 1.54) is 0 Å². The summed E-state index contributed by atoms with van der Waals surface area (Å²) >= 11 is 0. The van der Waals surface area contributed by atoms with E-state index in [2.05, 4.69) is 45.0 Å². The molecule has 4 heteroatoms. The number of carbonyl (C=O) groups is 1. The molecule has 124 valence electrons. The van der Waals surface area contributed by atoms with Crippen molar-refractivity contribution in [2.45, 2.75) is 90.9 Å². The summed E-state index contributed by atoms with van der Waals surface area (Å²) in [5, 5.41) is 13.1. The van der Waals surface area contributed by atoms with Crippen LogP contribution in [0, 0.1) is 5.41 Å². The Morgan fingerprint density at radius 1 is 1.33 bits per heavy atom. The van der Waals surface area contributed by atoms with Crippen molar-refractivity contribution in [3.05, 3.63) is 0 Å². The van der Waals surface area contributed by atoms with Crippen molar-refractivity contribution in [2.75, 3.05) is 7.05 Å². The van der Waals surface area contributed by atoms with Crippen LogP contribution >= 0.6 is 0 Å². The van der Waals surface area contributed by atoms with Gasteiger partial charge in [0.05, 0.1) is 0 Å². The van der Waals surface area contributed by atoms with Crippen LogP contribution in [0.5, 0.6) is 0 Å². The van der Waals surface area contributed by atoms with E-state index in [9.17, 15) is 9.90 Å². The average molecular weight is 298 g/mol. The molecule has 0 aromatic rings. The zero-order valence-corrected chi connectivity index (χ0v) is 14.9. The van der Waals surface area contributed by atoms with Gasteiger partial charge in [0.15, 0.2) is 0 Å². The maximum Gasteiger partial charge on any atom is 0.323 e. The van der Waals surface area contributed by atoms with Crippen molar-refractivity contribution in [2.24, 2.45) is 5.41 Å². The van der Waals surface area contributed by atoms with E-state index in [1.54, 1.807) is 0 Å². The molecule has 1 fully saturated rings. The van der Waals surface area contributed by atoms with E-state index >= 15 is 0 Å². The van der Waals surface area contributed by atoms with Crippen LogP contribution in [0.3, 0.4) is 0 Å². The first-order valence-electron chi connectivity index (χ1n) is 8.22. The van der Waals surface area contributed by atoms with Crippen molar-refractivity contribution in [1.82, 2.24) is 10.2 Å². The summed E-state index contributed by atoms with van der Waals surface area (Å²) in [5.74, 6) is -0.697. The van der Waals surface area contributed by atoms with Crippen LogP contribution in [-0.4, -0.2) is 46.7 Å². The molecule has 3 atom stereocenters. The summed E-state index contributed by atoms with van der Waals surface area (Å²) in [7, 11) is 2.15. The van der Waals surface area contributed by atoms with Gasteiger partial charge in [-0.15, -0.1) is 0 Å². The van der Waals surface area contributed by atoms with Crippen LogP contribution in [0.1, 0.15) is 67.2 Å².